The number of H-pyrrole nitrogens is 1. The Morgan fingerprint density at radius 1 is 1.50 bits per heavy atom. The van der Waals surface area contributed by atoms with Crippen LogP contribution in [0.5, 0.6) is 0 Å². The van der Waals surface area contributed by atoms with Gasteiger partial charge in [0.05, 0.1) is 0 Å². The second kappa shape index (κ2) is 5.95. The fourth-order valence-electron chi connectivity index (χ4n) is 1.65. The minimum Gasteiger partial charge on any atom is -0.347 e. The molecule has 0 spiro atoms. The van der Waals surface area contributed by atoms with Crippen molar-refractivity contribution in [2.75, 3.05) is 0 Å². The van der Waals surface area contributed by atoms with E-state index >= 15 is 0 Å². The highest BCUT2D eigenvalue weighted by Gasteiger charge is 2.09. The summed E-state index contributed by atoms with van der Waals surface area (Å²) in [5, 5.41) is 9.67. The Kier molecular flexibility index (Phi) is 4.06. The molecule has 2 N–H and O–H groups in total. The highest BCUT2D eigenvalue weighted by molar-refractivity contribution is 5.92. The van der Waals surface area contributed by atoms with E-state index in [1.165, 1.54) is 0 Å². The fourth-order valence-corrected chi connectivity index (χ4v) is 1.65. The maximum Gasteiger partial charge on any atom is 0.272 e. The summed E-state index contributed by atoms with van der Waals surface area (Å²) >= 11 is 0. The minimum atomic E-state index is -0.169. The first kappa shape index (κ1) is 12.3. The monoisotopic (exact) mass is 244 g/mol. The number of nitrogens with zero attached hydrogens (tertiary/aromatic N) is 2. The molecular formula is C13H16N4O. The number of amides is 1. The van der Waals surface area contributed by atoms with E-state index in [1.807, 2.05) is 12.1 Å². The molecular weight excluding hydrogens is 228 g/mol. The second-order valence-electron chi connectivity index (χ2n) is 4.07. The van der Waals surface area contributed by atoms with Gasteiger partial charge in [-0.3, -0.25) is 14.9 Å². The van der Waals surface area contributed by atoms with Crippen LogP contribution < -0.4 is 5.32 Å². The van der Waals surface area contributed by atoms with Crippen LogP contribution in [0.15, 0.2) is 30.6 Å². The van der Waals surface area contributed by atoms with Crippen LogP contribution in [-0.2, 0) is 13.0 Å². The lowest BCUT2D eigenvalue weighted by Gasteiger charge is -2.02. The average molecular weight is 244 g/mol. The van der Waals surface area contributed by atoms with Crippen LogP contribution in [0.3, 0.4) is 0 Å². The number of aryl methyl sites for hydroxylation is 1. The summed E-state index contributed by atoms with van der Waals surface area (Å²) in [7, 11) is 0. The van der Waals surface area contributed by atoms with Gasteiger partial charge in [-0.1, -0.05) is 19.4 Å². The molecule has 2 rings (SSSR count). The van der Waals surface area contributed by atoms with E-state index in [0.717, 1.165) is 24.1 Å². The Morgan fingerprint density at radius 3 is 3.11 bits per heavy atom. The first-order chi connectivity index (χ1) is 8.79. The molecule has 0 fully saturated rings. The van der Waals surface area contributed by atoms with Gasteiger partial charge in [0.25, 0.3) is 5.91 Å². The van der Waals surface area contributed by atoms with Crippen molar-refractivity contribution in [3.05, 3.63) is 47.5 Å². The number of hydrogen-bond acceptors (Lipinski definition) is 3. The third-order valence-electron chi connectivity index (χ3n) is 2.56. The summed E-state index contributed by atoms with van der Waals surface area (Å²) < 4.78 is 0. The molecule has 0 aliphatic carbocycles. The largest absolute Gasteiger partial charge is 0.347 e. The van der Waals surface area contributed by atoms with Crippen molar-refractivity contribution in [3.63, 3.8) is 0 Å². The first-order valence-corrected chi connectivity index (χ1v) is 6.01. The van der Waals surface area contributed by atoms with Crippen LogP contribution in [0.1, 0.15) is 35.1 Å². The molecule has 0 aromatic carbocycles. The molecule has 1 amide bonds. The molecule has 0 saturated carbocycles. The van der Waals surface area contributed by atoms with Gasteiger partial charge in [0.1, 0.15) is 5.69 Å². The van der Waals surface area contributed by atoms with Crippen molar-refractivity contribution in [2.45, 2.75) is 26.3 Å². The van der Waals surface area contributed by atoms with Gasteiger partial charge in [-0.15, -0.1) is 0 Å². The summed E-state index contributed by atoms with van der Waals surface area (Å²) in [6, 6.07) is 5.55. The van der Waals surface area contributed by atoms with Gasteiger partial charge in [-0.2, -0.15) is 5.10 Å². The molecule has 0 unspecified atom stereocenters. The minimum absolute atomic E-state index is 0.169. The lowest BCUT2D eigenvalue weighted by Crippen LogP contribution is -2.23. The fraction of sp³-hybridized carbons (Fsp3) is 0.308. The van der Waals surface area contributed by atoms with E-state index in [9.17, 15) is 4.79 Å². The van der Waals surface area contributed by atoms with E-state index in [2.05, 4.69) is 27.4 Å². The molecule has 2 aromatic heterocycles. The van der Waals surface area contributed by atoms with Crippen molar-refractivity contribution < 1.29 is 4.79 Å². The molecule has 2 aromatic rings. The number of hydrogen-bond donors (Lipinski definition) is 2. The molecule has 5 nitrogen and oxygen atoms in total. The molecule has 0 atom stereocenters. The van der Waals surface area contributed by atoms with Gasteiger partial charge in [-0.05, 0) is 24.1 Å². The molecule has 0 aliphatic rings. The molecule has 18 heavy (non-hydrogen) atoms. The van der Waals surface area contributed by atoms with Gasteiger partial charge in [-0.25, -0.2) is 0 Å². The Morgan fingerprint density at radius 2 is 2.39 bits per heavy atom. The summed E-state index contributed by atoms with van der Waals surface area (Å²) in [6.07, 6.45) is 5.37. The topological polar surface area (TPSA) is 70.7 Å². The van der Waals surface area contributed by atoms with Crippen LogP contribution in [-0.4, -0.2) is 21.1 Å². The summed E-state index contributed by atoms with van der Waals surface area (Å²) in [5.41, 5.74) is 2.39. The van der Waals surface area contributed by atoms with E-state index in [0.29, 0.717) is 12.2 Å². The third kappa shape index (κ3) is 3.16. The summed E-state index contributed by atoms with van der Waals surface area (Å²) in [6.45, 7) is 2.55. The van der Waals surface area contributed by atoms with Crippen LogP contribution in [0.25, 0.3) is 0 Å². The highest BCUT2D eigenvalue weighted by atomic mass is 16.1. The van der Waals surface area contributed by atoms with Gasteiger partial charge in [0.15, 0.2) is 0 Å². The van der Waals surface area contributed by atoms with Crippen LogP contribution in [0.4, 0.5) is 0 Å². The van der Waals surface area contributed by atoms with Crippen LogP contribution in [0.2, 0.25) is 0 Å². The lowest BCUT2D eigenvalue weighted by molar-refractivity contribution is 0.0946. The average Bonchev–Trinajstić information content (AvgIpc) is 2.86. The predicted molar refractivity (Wildman–Crippen MR) is 68.0 cm³/mol. The number of carbonyl (C=O) groups excluding carboxylic acids is 1. The number of aromatic nitrogens is 3. The zero-order chi connectivity index (χ0) is 12.8. The summed E-state index contributed by atoms with van der Waals surface area (Å²) in [4.78, 5) is 15.8. The number of nitrogens with one attached hydrogen (secondary N) is 2. The third-order valence-corrected chi connectivity index (χ3v) is 2.56. The van der Waals surface area contributed by atoms with Gasteiger partial charge in [0.2, 0.25) is 0 Å². The Hall–Kier alpha value is -2.17. The van der Waals surface area contributed by atoms with Gasteiger partial charge >= 0.3 is 0 Å². The zero-order valence-corrected chi connectivity index (χ0v) is 10.3. The Bertz CT molecular complexity index is 507. The van der Waals surface area contributed by atoms with Crippen molar-refractivity contribution in [2.24, 2.45) is 0 Å². The van der Waals surface area contributed by atoms with E-state index in [-0.39, 0.29) is 5.91 Å². The Balaban J connectivity index is 1.91. The standard InChI is InChI=1S/C13H16N4O/c1-2-4-11-7-12(17-16-11)13(18)15-9-10-5-3-6-14-8-10/h3,5-8H,2,4,9H2,1H3,(H,15,18)(H,16,17). The quantitative estimate of drug-likeness (QED) is 0.840. The van der Waals surface area contributed by atoms with E-state index in [1.54, 1.807) is 18.5 Å². The maximum absolute atomic E-state index is 11.8. The predicted octanol–water partition coefficient (Wildman–Crippen LogP) is 1.69. The second-order valence-corrected chi connectivity index (χ2v) is 4.07. The molecule has 0 radical (unpaired) electrons. The highest BCUT2D eigenvalue weighted by Crippen LogP contribution is 2.03. The van der Waals surface area contributed by atoms with E-state index in [4.69, 9.17) is 0 Å². The number of pyridine rings is 1. The smallest absolute Gasteiger partial charge is 0.272 e. The van der Waals surface area contributed by atoms with Crippen molar-refractivity contribution >= 4 is 5.91 Å². The SMILES string of the molecule is CCCc1cc(C(=O)NCc2cccnc2)n[nH]1. The van der Waals surface area contributed by atoms with Gasteiger partial charge < -0.3 is 5.32 Å². The number of aromatic amines is 1. The number of rotatable bonds is 5. The lowest BCUT2D eigenvalue weighted by atomic mass is 10.2. The Labute approximate surface area is 106 Å². The molecule has 0 bridgehead atoms. The van der Waals surface area contributed by atoms with Crippen LogP contribution in [0, 0.1) is 0 Å². The van der Waals surface area contributed by atoms with Crippen LogP contribution >= 0.6 is 0 Å². The summed E-state index contributed by atoms with van der Waals surface area (Å²) in [5.74, 6) is -0.169. The first-order valence-electron chi connectivity index (χ1n) is 6.01. The van der Waals surface area contributed by atoms with Gasteiger partial charge in [0, 0.05) is 24.6 Å². The molecule has 0 saturated heterocycles. The molecule has 5 heteroatoms. The number of carbonyl (C=O) groups is 1. The van der Waals surface area contributed by atoms with Crippen molar-refractivity contribution in [1.29, 1.82) is 0 Å². The van der Waals surface area contributed by atoms with Crippen molar-refractivity contribution in [1.82, 2.24) is 20.5 Å². The normalized spacial score (nSPS) is 10.3. The maximum atomic E-state index is 11.8. The zero-order valence-electron chi connectivity index (χ0n) is 10.3. The molecule has 94 valence electrons. The molecule has 2 heterocycles. The van der Waals surface area contributed by atoms with E-state index < -0.39 is 0 Å². The molecule has 0 aliphatic heterocycles. The van der Waals surface area contributed by atoms with Crippen molar-refractivity contribution in [3.8, 4) is 0 Å².